The summed E-state index contributed by atoms with van der Waals surface area (Å²) in [4.78, 5) is 11.5. The van der Waals surface area contributed by atoms with E-state index in [4.69, 9.17) is 18.9 Å². The zero-order valence-corrected chi connectivity index (χ0v) is 14.9. The summed E-state index contributed by atoms with van der Waals surface area (Å²) in [5, 5.41) is 20.9. The molecule has 2 fully saturated rings. The van der Waals surface area contributed by atoms with E-state index in [1.165, 1.54) is 6.92 Å². The molecule has 5 atom stereocenters. The van der Waals surface area contributed by atoms with Gasteiger partial charge >= 0.3 is 5.97 Å². The number of carbonyl (C=O) groups excluding carboxylic acids is 1. The van der Waals surface area contributed by atoms with Gasteiger partial charge in [-0.25, -0.2) is 0 Å². The van der Waals surface area contributed by atoms with Gasteiger partial charge in [-0.2, -0.15) is 10.3 Å². The number of carbonyl (C=O) groups is 1. The Morgan fingerprint density at radius 3 is 2.69 bits per heavy atom. The van der Waals surface area contributed by atoms with Gasteiger partial charge in [0.05, 0.1) is 12.6 Å². The minimum absolute atomic E-state index is 0.119. The number of hydroxylamine groups is 2. The summed E-state index contributed by atoms with van der Waals surface area (Å²) in [7, 11) is 0. The highest BCUT2D eigenvalue weighted by molar-refractivity contribution is 5.66. The van der Waals surface area contributed by atoms with Crippen molar-refractivity contribution >= 4 is 5.97 Å². The molecule has 8 nitrogen and oxygen atoms in total. The van der Waals surface area contributed by atoms with E-state index in [2.05, 4.69) is 0 Å². The fourth-order valence-corrected chi connectivity index (χ4v) is 3.26. The molecular formula is C18H22N2O6. The highest BCUT2D eigenvalue weighted by atomic mass is 16.8. The molecule has 1 aromatic carbocycles. The van der Waals surface area contributed by atoms with E-state index in [1.54, 1.807) is 13.8 Å². The number of ether oxygens (including phenoxy) is 4. The van der Waals surface area contributed by atoms with E-state index in [0.717, 1.165) is 10.6 Å². The van der Waals surface area contributed by atoms with Gasteiger partial charge in [0.25, 0.3) is 0 Å². The molecule has 0 aliphatic carbocycles. The van der Waals surface area contributed by atoms with Crippen molar-refractivity contribution in [1.82, 2.24) is 5.06 Å². The topological polar surface area (TPSA) is 101 Å². The van der Waals surface area contributed by atoms with Gasteiger partial charge in [0, 0.05) is 6.92 Å². The highest BCUT2D eigenvalue weighted by Crippen LogP contribution is 2.40. The number of nitrogens with zero attached hydrogens (tertiary/aromatic N) is 2. The molecule has 0 saturated carbocycles. The Kier molecular flexibility index (Phi) is 5.27. The lowest BCUT2D eigenvalue weighted by molar-refractivity contribution is -0.237. The molecule has 26 heavy (non-hydrogen) atoms. The molecule has 3 rings (SSSR count). The number of rotatable bonds is 5. The summed E-state index contributed by atoms with van der Waals surface area (Å²) < 4.78 is 22.6. The van der Waals surface area contributed by atoms with E-state index in [-0.39, 0.29) is 6.54 Å². The van der Waals surface area contributed by atoms with Crippen LogP contribution in [0.1, 0.15) is 26.3 Å². The average molecular weight is 362 g/mol. The van der Waals surface area contributed by atoms with E-state index >= 15 is 0 Å². The standard InChI is InChI=1S/C18H22N2O6/c1-11(21)23-15-14(24-17-16(15)25-18(2,3)26-17)13(9-19)20(22)10-12-7-5-4-6-8-12/h4-8,13-17,22H,10H2,1-3H3/t13-,14+,15-,16+,17+/m0/s1. The Balaban J connectivity index is 1.78. The smallest absolute Gasteiger partial charge is 0.303 e. The third-order valence-corrected chi connectivity index (χ3v) is 4.28. The largest absolute Gasteiger partial charge is 0.457 e. The van der Waals surface area contributed by atoms with Crippen molar-refractivity contribution < 1.29 is 28.9 Å². The number of fused-ring (bicyclic) bond motifs is 1. The van der Waals surface area contributed by atoms with E-state index in [9.17, 15) is 15.3 Å². The maximum Gasteiger partial charge on any atom is 0.303 e. The molecule has 0 amide bonds. The normalized spacial score (nSPS) is 30.6. The number of hydrogen-bond donors (Lipinski definition) is 1. The molecule has 2 saturated heterocycles. The molecule has 0 unspecified atom stereocenters. The number of hydrogen-bond acceptors (Lipinski definition) is 8. The first kappa shape index (κ1) is 18.8. The molecule has 2 aliphatic rings. The summed E-state index contributed by atoms with van der Waals surface area (Å²) in [6, 6.07) is 10.2. The lowest BCUT2D eigenvalue weighted by atomic mass is 10.0. The summed E-state index contributed by atoms with van der Waals surface area (Å²) in [6.45, 7) is 4.84. The number of nitriles is 1. The molecule has 0 aromatic heterocycles. The summed E-state index contributed by atoms with van der Waals surface area (Å²) >= 11 is 0. The van der Waals surface area contributed by atoms with Crippen molar-refractivity contribution in [2.45, 2.75) is 63.7 Å². The summed E-state index contributed by atoms with van der Waals surface area (Å²) in [6.07, 6.45) is -3.22. The maximum atomic E-state index is 11.5. The van der Waals surface area contributed by atoms with Crippen LogP contribution in [0.15, 0.2) is 30.3 Å². The predicted octanol–water partition coefficient (Wildman–Crippen LogP) is 1.58. The van der Waals surface area contributed by atoms with Crippen LogP contribution in [0.2, 0.25) is 0 Å². The molecule has 0 radical (unpaired) electrons. The first-order valence-corrected chi connectivity index (χ1v) is 8.38. The van der Waals surface area contributed by atoms with Crippen molar-refractivity contribution in [2.75, 3.05) is 0 Å². The van der Waals surface area contributed by atoms with Gasteiger partial charge in [0.1, 0.15) is 6.10 Å². The van der Waals surface area contributed by atoms with Crippen LogP contribution in [-0.2, 0) is 30.3 Å². The Labute approximate surface area is 151 Å². The van der Waals surface area contributed by atoms with Crippen LogP contribution in [0.3, 0.4) is 0 Å². The Morgan fingerprint density at radius 2 is 2.08 bits per heavy atom. The minimum atomic E-state index is -1.07. The lowest BCUT2D eigenvalue weighted by Crippen LogP contribution is -2.49. The maximum absolute atomic E-state index is 11.5. The molecule has 1 N–H and O–H groups in total. The first-order chi connectivity index (χ1) is 12.3. The van der Waals surface area contributed by atoms with Crippen molar-refractivity contribution in [2.24, 2.45) is 0 Å². The van der Waals surface area contributed by atoms with E-state index in [0.29, 0.717) is 0 Å². The van der Waals surface area contributed by atoms with Crippen molar-refractivity contribution in [3.05, 3.63) is 35.9 Å². The van der Waals surface area contributed by atoms with Crippen molar-refractivity contribution in [1.29, 1.82) is 5.26 Å². The lowest BCUT2D eigenvalue weighted by Gasteiger charge is -2.30. The summed E-state index contributed by atoms with van der Waals surface area (Å²) in [5.41, 5.74) is 0.825. The van der Waals surface area contributed by atoms with Crippen LogP contribution in [0, 0.1) is 11.3 Å². The SMILES string of the molecule is CC(=O)O[C@@H]1[C@H]2OC(C)(C)O[C@H]2O[C@@H]1[C@H](C#N)N(O)Cc1ccccc1. The van der Waals surface area contributed by atoms with Crippen LogP contribution < -0.4 is 0 Å². The second-order valence-electron chi connectivity index (χ2n) is 6.80. The minimum Gasteiger partial charge on any atom is -0.457 e. The van der Waals surface area contributed by atoms with E-state index in [1.807, 2.05) is 36.4 Å². The molecule has 0 bridgehead atoms. The Bertz CT molecular complexity index is 689. The molecule has 140 valence electrons. The fraction of sp³-hybridized carbons (Fsp3) is 0.556. The Hall–Kier alpha value is -2.02. The van der Waals surface area contributed by atoms with Gasteiger partial charge in [-0.05, 0) is 19.4 Å². The molecule has 2 aliphatic heterocycles. The van der Waals surface area contributed by atoms with Crippen LogP contribution >= 0.6 is 0 Å². The monoisotopic (exact) mass is 362 g/mol. The van der Waals surface area contributed by atoms with Gasteiger partial charge in [-0.1, -0.05) is 30.3 Å². The second-order valence-corrected chi connectivity index (χ2v) is 6.80. The third-order valence-electron chi connectivity index (χ3n) is 4.28. The first-order valence-electron chi connectivity index (χ1n) is 8.38. The zero-order valence-electron chi connectivity index (χ0n) is 14.9. The van der Waals surface area contributed by atoms with Gasteiger partial charge in [-0.3, -0.25) is 4.79 Å². The van der Waals surface area contributed by atoms with Gasteiger partial charge in [-0.15, -0.1) is 0 Å². The molecule has 1 aromatic rings. The van der Waals surface area contributed by atoms with Gasteiger partial charge < -0.3 is 24.2 Å². The van der Waals surface area contributed by atoms with Gasteiger partial charge in [0.2, 0.25) is 0 Å². The molecule has 2 heterocycles. The Morgan fingerprint density at radius 1 is 1.38 bits per heavy atom. The van der Waals surface area contributed by atoms with E-state index < -0.39 is 42.4 Å². The average Bonchev–Trinajstić information content (AvgIpc) is 3.02. The molecule has 0 spiro atoms. The van der Waals surface area contributed by atoms with Crippen LogP contribution in [0.5, 0.6) is 0 Å². The fourth-order valence-electron chi connectivity index (χ4n) is 3.26. The van der Waals surface area contributed by atoms with Crippen LogP contribution in [-0.4, -0.2) is 52.7 Å². The molecule has 8 heteroatoms. The number of esters is 1. The van der Waals surface area contributed by atoms with Crippen LogP contribution in [0.25, 0.3) is 0 Å². The van der Waals surface area contributed by atoms with Crippen LogP contribution in [0.4, 0.5) is 0 Å². The highest BCUT2D eigenvalue weighted by Gasteiger charge is 2.59. The summed E-state index contributed by atoms with van der Waals surface area (Å²) in [5.74, 6) is -1.41. The van der Waals surface area contributed by atoms with Crippen molar-refractivity contribution in [3.63, 3.8) is 0 Å². The van der Waals surface area contributed by atoms with Gasteiger partial charge in [0.15, 0.2) is 30.3 Å². The second kappa shape index (κ2) is 7.31. The molecular weight excluding hydrogens is 340 g/mol. The van der Waals surface area contributed by atoms with Crippen molar-refractivity contribution in [3.8, 4) is 6.07 Å². The third kappa shape index (κ3) is 3.87. The quantitative estimate of drug-likeness (QED) is 0.622. The zero-order chi connectivity index (χ0) is 18.9. The number of benzene rings is 1. The predicted molar refractivity (Wildman–Crippen MR) is 87.4 cm³/mol.